The Balaban J connectivity index is 2.38. The van der Waals surface area contributed by atoms with Crippen LogP contribution in [0.15, 0.2) is 32.6 Å². The number of hydrogen-bond donors (Lipinski definition) is 0. The molecule has 8 nitrogen and oxygen atoms in total. The van der Waals surface area contributed by atoms with E-state index in [2.05, 4.69) is 21.0 Å². The molecule has 0 spiro atoms. The molecule has 1 aromatic heterocycles. The number of rotatable bonds is 6. The molecule has 0 fully saturated rings. The molecule has 0 aliphatic rings. The molecular formula is C20H21BrN4O4. The summed E-state index contributed by atoms with van der Waals surface area (Å²) in [4.78, 5) is 25.6. The fourth-order valence-electron chi connectivity index (χ4n) is 2.50. The van der Waals surface area contributed by atoms with Gasteiger partial charge in [-0.2, -0.15) is 10.4 Å². The summed E-state index contributed by atoms with van der Waals surface area (Å²) >= 11 is 3.41. The van der Waals surface area contributed by atoms with Crippen LogP contribution in [0.4, 0.5) is 0 Å². The zero-order valence-corrected chi connectivity index (χ0v) is 18.4. The number of benzene rings is 1. The number of hydrogen-bond acceptors (Lipinski definition) is 6. The maximum Gasteiger partial charge on any atom is 0.289 e. The predicted octanol–water partition coefficient (Wildman–Crippen LogP) is 2.46. The number of aromatic nitrogens is 1. The van der Waals surface area contributed by atoms with Crippen LogP contribution in [0.2, 0.25) is 0 Å². The van der Waals surface area contributed by atoms with Crippen molar-refractivity contribution in [3.8, 4) is 17.6 Å². The second-order valence-electron chi connectivity index (χ2n) is 6.43. The molecule has 0 N–H and O–H groups in total. The number of ether oxygens (including phenoxy) is 2. The minimum atomic E-state index is -0.477. The number of methoxy groups -OCH3 is 1. The molecule has 0 radical (unpaired) electrons. The molecule has 9 heteroatoms. The molecule has 29 heavy (non-hydrogen) atoms. The van der Waals surface area contributed by atoms with E-state index in [1.54, 1.807) is 46.1 Å². The van der Waals surface area contributed by atoms with Crippen LogP contribution in [-0.2, 0) is 4.79 Å². The first-order chi connectivity index (χ1) is 13.7. The number of aryl methyl sites for hydroxylation is 2. The van der Waals surface area contributed by atoms with Crippen LogP contribution in [0.3, 0.4) is 0 Å². The van der Waals surface area contributed by atoms with E-state index in [9.17, 15) is 14.9 Å². The maximum atomic E-state index is 12.4. The monoisotopic (exact) mass is 460 g/mol. The number of halogens is 1. The third-order valence-electron chi connectivity index (χ3n) is 4.08. The van der Waals surface area contributed by atoms with Gasteiger partial charge in [0.25, 0.3) is 11.5 Å². The first kappa shape index (κ1) is 22.2. The first-order valence-electron chi connectivity index (χ1n) is 8.57. The fraction of sp³-hybridized carbons (Fsp3) is 0.300. The van der Waals surface area contributed by atoms with Crippen molar-refractivity contribution in [2.24, 2.45) is 5.10 Å². The van der Waals surface area contributed by atoms with Crippen molar-refractivity contribution < 1.29 is 14.3 Å². The molecule has 0 bridgehead atoms. The van der Waals surface area contributed by atoms with E-state index < -0.39 is 5.56 Å². The summed E-state index contributed by atoms with van der Waals surface area (Å²) in [5, 5.41) is 13.4. The van der Waals surface area contributed by atoms with Gasteiger partial charge in [-0.3, -0.25) is 9.59 Å². The number of amides is 1. The number of nitriles is 1. The van der Waals surface area contributed by atoms with Crippen molar-refractivity contribution in [2.45, 2.75) is 13.8 Å². The van der Waals surface area contributed by atoms with Gasteiger partial charge < -0.3 is 14.4 Å². The molecule has 0 atom stereocenters. The summed E-state index contributed by atoms with van der Waals surface area (Å²) in [5.41, 5.74) is 1.43. The summed E-state index contributed by atoms with van der Waals surface area (Å²) in [6.07, 6.45) is 1.48. The summed E-state index contributed by atoms with van der Waals surface area (Å²) in [7, 11) is 4.77. The van der Waals surface area contributed by atoms with Gasteiger partial charge in [-0.1, -0.05) is 0 Å². The SMILES string of the molecule is COc1cc(/C=N/n2c(C)cc(C)c(C#N)c2=O)cc(Br)c1OCC(=O)N(C)C. The van der Waals surface area contributed by atoms with Crippen molar-refractivity contribution in [3.05, 3.63) is 55.4 Å². The van der Waals surface area contributed by atoms with Gasteiger partial charge in [0.2, 0.25) is 0 Å². The highest BCUT2D eigenvalue weighted by Gasteiger charge is 2.14. The van der Waals surface area contributed by atoms with Gasteiger partial charge >= 0.3 is 0 Å². The Labute approximate surface area is 177 Å². The smallest absolute Gasteiger partial charge is 0.289 e. The van der Waals surface area contributed by atoms with Crippen molar-refractivity contribution in [2.75, 3.05) is 27.8 Å². The maximum absolute atomic E-state index is 12.4. The number of carbonyl (C=O) groups is 1. The normalized spacial score (nSPS) is 10.7. The topological polar surface area (TPSA) is 96.9 Å². The number of carbonyl (C=O) groups excluding carboxylic acids is 1. The van der Waals surface area contributed by atoms with Crippen molar-refractivity contribution >= 4 is 28.1 Å². The quantitative estimate of drug-likeness (QED) is 0.616. The zero-order chi connectivity index (χ0) is 21.7. The molecule has 1 aromatic carbocycles. The highest BCUT2D eigenvalue weighted by atomic mass is 79.9. The lowest BCUT2D eigenvalue weighted by atomic mass is 10.1. The summed E-state index contributed by atoms with van der Waals surface area (Å²) < 4.78 is 12.7. The summed E-state index contributed by atoms with van der Waals surface area (Å²) in [6.45, 7) is 3.31. The molecule has 0 aliphatic heterocycles. The average Bonchev–Trinajstić information content (AvgIpc) is 2.66. The van der Waals surface area contributed by atoms with Gasteiger partial charge in [-0.15, -0.1) is 0 Å². The lowest BCUT2D eigenvalue weighted by Crippen LogP contribution is -2.27. The van der Waals surface area contributed by atoms with E-state index in [1.165, 1.54) is 22.9 Å². The van der Waals surface area contributed by atoms with E-state index in [0.717, 1.165) is 0 Å². The lowest BCUT2D eigenvalue weighted by Gasteiger charge is -2.15. The summed E-state index contributed by atoms with van der Waals surface area (Å²) in [6, 6.07) is 7.04. The minimum Gasteiger partial charge on any atom is -0.493 e. The Morgan fingerprint density at radius 2 is 2.03 bits per heavy atom. The van der Waals surface area contributed by atoms with Gasteiger partial charge in [0.1, 0.15) is 11.6 Å². The fourth-order valence-corrected chi connectivity index (χ4v) is 3.08. The van der Waals surface area contributed by atoms with Crippen molar-refractivity contribution in [1.82, 2.24) is 9.58 Å². The van der Waals surface area contributed by atoms with Gasteiger partial charge in [-0.25, -0.2) is 4.68 Å². The van der Waals surface area contributed by atoms with E-state index in [0.29, 0.717) is 32.8 Å². The van der Waals surface area contributed by atoms with Gasteiger partial charge in [0.15, 0.2) is 18.1 Å². The van der Waals surface area contributed by atoms with E-state index in [-0.39, 0.29) is 18.1 Å². The molecule has 1 amide bonds. The zero-order valence-electron chi connectivity index (χ0n) is 16.8. The largest absolute Gasteiger partial charge is 0.493 e. The Morgan fingerprint density at radius 1 is 1.34 bits per heavy atom. The highest BCUT2D eigenvalue weighted by molar-refractivity contribution is 9.10. The van der Waals surface area contributed by atoms with Crippen molar-refractivity contribution in [3.63, 3.8) is 0 Å². The van der Waals surface area contributed by atoms with E-state index >= 15 is 0 Å². The van der Waals surface area contributed by atoms with E-state index in [4.69, 9.17) is 9.47 Å². The Morgan fingerprint density at radius 3 is 2.62 bits per heavy atom. The van der Waals surface area contributed by atoms with Crippen LogP contribution in [-0.4, -0.2) is 49.5 Å². The lowest BCUT2D eigenvalue weighted by molar-refractivity contribution is -0.130. The van der Waals surface area contributed by atoms with Crippen LogP contribution in [0.25, 0.3) is 0 Å². The molecule has 2 rings (SSSR count). The molecular weight excluding hydrogens is 440 g/mol. The molecule has 0 saturated heterocycles. The van der Waals surface area contributed by atoms with Gasteiger partial charge in [0.05, 0.1) is 17.8 Å². The molecule has 0 unspecified atom stereocenters. The molecule has 0 aliphatic carbocycles. The molecule has 0 saturated carbocycles. The highest BCUT2D eigenvalue weighted by Crippen LogP contribution is 2.36. The third-order valence-corrected chi connectivity index (χ3v) is 4.67. The van der Waals surface area contributed by atoms with Crippen molar-refractivity contribution in [1.29, 1.82) is 5.26 Å². The third kappa shape index (κ3) is 5.03. The standard InChI is InChI=1S/C20H21BrN4O4/c1-12-6-13(2)25(20(27)15(12)9-22)23-10-14-7-16(21)19(17(8-14)28-5)29-11-18(26)24(3)4/h6-8,10H,11H2,1-5H3/b23-10+. The average molecular weight is 461 g/mol. The Hall–Kier alpha value is -3.12. The van der Waals surface area contributed by atoms with Crippen LogP contribution in [0, 0.1) is 25.2 Å². The molecule has 1 heterocycles. The van der Waals surface area contributed by atoms with Gasteiger partial charge in [-0.05, 0) is 59.1 Å². The van der Waals surface area contributed by atoms with Crippen LogP contribution in [0.1, 0.15) is 22.4 Å². The van der Waals surface area contributed by atoms with E-state index in [1.807, 2.05) is 6.07 Å². The predicted molar refractivity (Wildman–Crippen MR) is 113 cm³/mol. The number of nitrogens with zero attached hydrogens (tertiary/aromatic N) is 4. The number of likely N-dealkylation sites (N-methyl/N-ethyl adjacent to an activating group) is 1. The first-order valence-corrected chi connectivity index (χ1v) is 9.37. The molecule has 152 valence electrons. The minimum absolute atomic E-state index is 0.0563. The van der Waals surface area contributed by atoms with Gasteiger partial charge in [0, 0.05) is 19.8 Å². The second kappa shape index (κ2) is 9.39. The Kier molecular flexibility index (Phi) is 7.18. The summed E-state index contributed by atoms with van der Waals surface area (Å²) in [5.74, 6) is 0.598. The second-order valence-corrected chi connectivity index (χ2v) is 7.28. The van der Waals surface area contributed by atoms with Crippen LogP contribution >= 0.6 is 15.9 Å². The van der Waals surface area contributed by atoms with Crippen LogP contribution in [0.5, 0.6) is 11.5 Å². The Bertz CT molecular complexity index is 1070. The number of pyridine rings is 1. The van der Waals surface area contributed by atoms with Crippen LogP contribution < -0.4 is 15.0 Å². The molecule has 2 aromatic rings.